The van der Waals surface area contributed by atoms with E-state index in [2.05, 4.69) is 57.2 Å². The number of aliphatic imine (C=N–C) groups is 1. The number of halogens is 1. The largest absolute Gasteiger partial charge is 0.357 e. The first-order valence-corrected chi connectivity index (χ1v) is 11.1. The number of carbonyl (C=O) groups is 1. The van der Waals surface area contributed by atoms with Gasteiger partial charge in [-0.2, -0.15) is 5.10 Å². The molecular weight excluding hydrogens is 527 g/mol. The van der Waals surface area contributed by atoms with Gasteiger partial charge in [-0.15, -0.1) is 24.0 Å². The van der Waals surface area contributed by atoms with Crippen molar-refractivity contribution in [1.82, 2.24) is 20.4 Å². The van der Waals surface area contributed by atoms with Crippen molar-refractivity contribution >= 4 is 41.5 Å². The Balaban J connectivity index is 0.00000385. The Bertz CT molecular complexity index is 998. The average molecular weight is 560 g/mol. The van der Waals surface area contributed by atoms with Gasteiger partial charge in [-0.25, -0.2) is 9.67 Å². The van der Waals surface area contributed by atoms with Crippen LogP contribution in [-0.2, 0) is 17.8 Å². The lowest BCUT2D eigenvalue weighted by molar-refractivity contribution is -0.118. The van der Waals surface area contributed by atoms with Crippen LogP contribution in [0.25, 0.3) is 5.69 Å². The number of rotatable bonds is 9. The van der Waals surface area contributed by atoms with Gasteiger partial charge < -0.3 is 16.0 Å². The smallest absolute Gasteiger partial charge is 0.226 e. The Kier molecular flexibility index (Phi) is 10.9. The molecule has 0 saturated carbocycles. The van der Waals surface area contributed by atoms with Gasteiger partial charge in [-0.05, 0) is 54.8 Å². The maximum atomic E-state index is 11.8. The molecule has 0 saturated heterocycles. The fourth-order valence-corrected chi connectivity index (χ4v) is 3.05. The van der Waals surface area contributed by atoms with E-state index >= 15 is 0 Å². The number of amides is 1. The summed E-state index contributed by atoms with van der Waals surface area (Å²) in [6, 6.07) is 18.1. The molecule has 0 spiro atoms. The van der Waals surface area contributed by atoms with Gasteiger partial charge in [0.15, 0.2) is 5.96 Å². The van der Waals surface area contributed by atoms with Crippen LogP contribution in [0.2, 0.25) is 0 Å². The van der Waals surface area contributed by atoms with E-state index in [4.69, 9.17) is 0 Å². The first-order valence-electron chi connectivity index (χ1n) is 11.1. The van der Waals surface area contributed by atoms with E-state index in [-0.39, 0.29) is 35.8 Å². The highest BCUT2D eigenvalue weighted by atomic mass is 127. The third-order valence-electron chi connectivity index (χ3n) is 4.92. The number of benzene rings is 2. The lowest BCUT2D eigenvalue weighted by Crippen LogP contribution is -2.38. The van der Waals surface area contributed by atoms with E-state index in [9.17, 15) is 4.79 Å². The van der Waals surface area contributed by atoms with Crippen molar-refractivity contribution in [2.75, 3.05) is 18.4 Å². The van der Waals surface area contributed by atoms with Crippen molar-refractivity contribution < 1.29 is 4.79 Å². The molecule has 0 bridgehead atoms. The normalized spacial score (nSPS) is 11.1. The highest BCUT2D eigenvalue weighted by Gasteiger charge is 2.06. The molecule has 7 nitrogen and oxygen atoms in total. The predicted molar refractivity (Wildman–Crippen MR) is 145 cm³/mol. The molecule has 3 N–H and O–H groups in total. The zero-order chi connectivity index (χ0) is 22.8. The number of carbonyl (C=O) groups excluding carboxylic acids is 1. The first-order chi connectivity index (χ1) is 15.5. The zero-order valence-electron chi connectivity index (χ0n) is 19.4. The quantitative estimate of drug-likeness (QED) is 0.206. The predicted octanol–water partition coefficient (Wildman–Crippen LogP) is 4.38. The van der Waals surface area contributed by atoms with Crippen LogP contribution in [0.1, 0.15) is 31.9 Å². The van der Waals surface area contributed by atoms with Crippen LogP contribution in [0.15, 0.2) is 72.0 Å². The van der Waals surface area contributed by atoms with Crippen LogP contribution in [-0.4, -0.2) is 34.7 Å². The van der Waals surface area contributed by atoms with Gasteiger partial charge in [0, 0.05) is 37.1 Å². The summed E-state index contributed by atoms with van der Waals surface area (Å²) in [6.07, 6.45) is 4.61. The number of aromatic nitrogens is 2. The molecule has 1 amide bonds. The van der Waals surface area contributed by atoms with E-state index in [0.717, 1.165) is 42.4 Å². The third kappa shape index (κ3) is 8.53. The number of nitrogens with zero attached hydrogens (tertiary/aromatic N) is 3. The molecule has 0 aliphatic heterocycles. The molecule has 0 aliphatic rings. The van der Waals surface area contributed by atoms with Crippen LogP contribution >= 0.6 is 24.0 Å². The Hall–Kier alpha value is -2.88. The fourth-order valence-electron chi connectivity index (χ4n) is 3.05. The second-order valence-corrected chi connectivity index (χ2v) is 7.83. The molecule has 176 valence electrons. The lowest BCUT2D eigenvalue weighted by atomic mass is 10.1. The molecule has 3 aromatic rings. The molecule has 0 unspecified atom stereocenters. The Morgan fingerprint density at radius 2 is 1.73 bits per heavy atom. The number of nitrogens with one attached hydrogen (secondary N) is 3. The Morgan fingerprint density at radius 3 is 2.33 bits per heavy atom. The maximum absolute atomic E-state index is 11.8. The average Bonchev–Trinajstić information content (AvgIpc) is 3.34. The Morgan fingerprint density at radius 1 is 1.03 bits per heavy atom. The van der Waals surface area contributed by atoms with Crippen molar-refractivity contribution in [3.8, 4) is 5.69 Å². The molecule has 0 aliphatic carbocycles. The summed E-state index contributed by atoms with van der Waals surface area (Å²) in [5.74, 6) is 0.769. The number of hydrogen-bond donors (Lipinski definition) is 3. The minimum atomic E-state index is -0.0395. The Labute approximate surface area is 213 Å². The summed E-state index contributed by atoms with van der Waals surface area (Å²) in [7, 11) is 0. The molecule has 0 radical (unpaired) electrons. The number of guanidine groups is 1. The van der Waals surface area contributed by atoms with E-state index in [1.54, 1.807) is 6.20 Å². The van der Waals surface area contributed by atoms with E-state index < -0.39 is 0 Å². The van der Waals surface area contributed by atoms with Gasteiger partial charge >= 0.3 is 0 Å². The number of anilines is 1. The summed E-state index contributed by atoms with van der Waals surface area (Å²) in [4.78, 5) is 16.5. The zero-order valence-corrected chi connectivity index (χ0v) is 21.7. The van der Waals surface area contributed by atoms with E-state index in [1.807, 2.05) is 55.1 Å². The third-order valence-corrected chi connectivity index (χ3v) is 4.92. The fraction of sp³-hybridized carbons (Fsp3) is 0.320. The van der Waals surface area contributed by atoms with Crippen molar-refractivity contribution in [3.63, 3.8) is 0 Å². The molecular formula is C25H33IN6O. The standard InChI is InChI=1S/C25H32N6O.HI/c1-4-26-25(28-18-21-6-10-22(11-7-21)30-24(32)19(2)3)27-16-14-20-8-12-23(13-9-20)31-17-5-15-29-31;/h5-13,15,17,19H,4,14,16,18H2,1-3H3,(H,30,32)(H2,26,27,28);1H. The van der Waals surface area contributed by atoms with Crippen LogP contribution in [0.3, 0.4) is 0 Å². The second kappa shape index (κ2) is 13.6. The van der Waals surface area contributed by atoms with Gasteiger partial charge in [-0.3, -0.25) is 4.79 Å². The van der Waals surface area contributed by atoms with Gasteiger partial charge in [0.2, 0.25) is 5.91 Å². The molecule has 0 fully saturated rings. The van der Waals surface area contributed by atoms with Crippen LogP contribution in [0, 0.1) is 5.92 Å². The molecule has 2 aromatic carbocycles. The summed E-state index contributed by atoms with van der Waals surface area (Å²) in [5, 5.41) is 13.8. The van der Waals surface area contributed by atoms with E-state index in [1.165, 1.54) is 5.56 Å². The SMILES string of the molecule is CCNC(=NCc1ccc(NC(=O)C(C)C)cc1)NCCc1ccc(-n2cccn2)cc1.I. The second-order valence-electron chi connectivity index (χ2n) is 7.83. The highest BCUT2D eigenvalue weighted by molar-refractivity contribution is 14.0. The summed E-state index contributed by atoms with van der Waals surface area (Å²) < 4.78 is 1.85. The molecule has 1 aromatic heterocycles. The van der Waals surface area contributed by atoms with Crippen LogP contribution in [0.4, 0.5) is 5.69 Å². The van der Waals surface area contributed by atoms with Crippen molar-refractivity contribution in [2.45, 2.75) is 33.7 Å². The molecule has 1 heterocycles. The summed E-state index contributed by atoms with van der Waals surface area (Å²) >= 11 is 0. The summed E-state index contributed by atoms with van der Waals surface area (Å²) in [5.41, 5.74) is 4.19. The van der Waals surface area contributed by atoms with Crippen molar-refractivity contribution in [3.05, 3.63) is 78.1 Å². The first kappa shape index (κ1) is 26.4. The molecule has 33 heavy (non-hydrogen) atoms. The number of hydrogen-bond acceptors (Lipinski definition) is 3. The minimum Gasteiger partial charge on any atom is -0.357 e. The van der Waals surface area contributed by atoms with Gasteiger partial charge in [-0.1, -0.05) is 38.1 Å². The molecule has 0 atom stereocenters. The highest BCUT2D eigenvalue weighted by Crippen LogP contribution is 2.12. The minimum absolute atomic E-state index is 0. The summed E-state index contributed by atoms with van der Waals surface area (Å²) in [6.45, 7) is 7.95. The van der Waals surface area contributed by atoms with Crippen LogP contribution < -0.4 is 16.0 Å². The topological polar surface area (TPSA) is 83.3 Å². The lowest BCUT2D eigenvalue weighted by Gasteiger charge is -2.12. The van der Waals surface area contributed by atoms with E-state index in [0.29, 0.717) is 6.54 Å². The van der Waals surface area contributed by atoms with Gasteiger partial charge in [0.1, 0.15) is 0 Å². The monoisotopic (exact) mass is 560 g/mol. The van der Waals surface area contributed by atoms with Crippen LogP contribution in [0.5, 0.6) is 0 Å². The van der Waals surface area contributed by atoms with Crippen molar-refractivity contribution in [2.24, 2.45) is 10.9 Å². The van der Waals surface area contributed by atoms with Gasteiger partial charge in [0.25, 0.3) is 0 Å². The van der Waals surface area contributed by atoms with Gasteiger partial charge in [0.05, 0.1) is 12.2 Å². The molecule has 8 heteroatoms. The molecule has 3 rings (SSSR count). The maximum Gasteiger partial charge on any atom is 0.226 e. The van der Waals surface area contributed by atoms with Crippen molar-refractivity contribution in [1.29, 1.82) is 0 Å².